The Morgan fingerprint density at radius 2 is 2.18 bits per heavy atom. The Kier molecular flexibility index (Phi) is 5.24. The summed E-state index contributed by atoms with van der Waals surface area (Å²) in [7, 11) is 0. The third kappa shape index (κ3) is 4.93. The average Bonchev–Trinajstić information content (AvgIpc) is 2.74. The van der Waals surface area contributed by atoms with Crippen molar-refractivity contribution < 1.29 is 18.0 Å². The van der Waals surface area contributed by atoms with Crippen LogP contribution in [0.3, 0.4) is 0 Å². The van der Waals surface area contributed by atoms with E-state index >= 15 is 0 Å². The predicted molar refractivity (Wildman–Crippen MR) is 58.5 cm³/mol. The Morgan fingerprint density at radius 3 is 2.65 bits per heavy atom. The van der Waals surface area contributed by atoms with Gasteiger partial charge in [0.05, 0.1) is 5.92 Å². The average molecular weight is 252 g/mol. The normalized spacial score (nSPS) is 20.6. The summed E-state index contributed by atoms with van der Waals surface area (Å²) in [4.78, 5) is 12.9. The minimum atomic E-state index is -4.31. The lowest BCUT2D eigenvalue weighted by Gasteiger charge is -2.26. The van der Waals surface area contributed by atoms with E-state index in [1.165, 1.54) is 0 Å². The molecular weight excluding hydrogens is 233 g/mol. The first-order valence-electron chi connectivity index (χ1n) is 6.00. The first-order chi connectivity index (χ1) is 7.94. The molecule has 1 atom stereocenters. The molecule has 100 valence electrons. The van der Waals surface area contributed by atoms with Crippen LogP contribution in [0.5, 0.6) is 0 Å². The van der Waals surface area contributed by atoms with E-state index in [9.17, 15) is 18.0 Å². The van der Waals surface area contributed by atoms with Gasteiger partial charge in [0.15, 0.2) is 0 Å². The van der Waals surface area contributed by atoms with Gasteiger partial charge in [-0.1, -0.05) is 13.3 Å². The van der Waals surface area contributed by atoms with Crippen molar-refractivity contribution in [1.82, 2.24) is 10.2 Å². The second-order valence-corrected chi connectivity index (χ2v) is 4.42. The summed E-state index contributed by atoms with van der Waals surface area (Å²) in [5.41, 5.74) is 0. The maximum absolute atomic E-state index is 12.4. The molecule has 1 heterocycles. The molecule has 3 nitrogen and oxygen atoms in total. The Balaban J connectivity index is 2.57. The van der Waals surface area contributed by atoms with Gasteiger partial charge in [-0.3, -0.25) is 4.79 Å². The van der Waals surface area contributed by atoms with Crippen LogP contribution in [0.4, 0.5) is 13.2 Å². The van der Waals surface area contributed by atoms with Gasteiger partial charge in [0, 0.05) is 13.1 Å². The third-order valence-electron chi connectivity index (χ3n) is 2.87. The maximum atomic E-state index is 12.4. The van der Waals surface area contributed by atoms with Gasteiger partial charge in [0.2, 0.25) is 5.91 Å². The van der Waals surface area contributed by atoms with Crippen molar-refractivity contribution in [3.8, 4) is 0 Å². The number of halogens is 3. The molecule has 17 heavy (non-hydrogen) atoms. The molecule has 1 unspecified atom stereocenters. The monoisotopic (exact) mass is 252 g/mol. The van der Waals surface area contributed by atoms with E-state index < -0.39 is 12.7 Å². The first kappa shape index (κ1) is 14.3. The molecule has 0 aromatic carbocycles. The standard InChI is InChI=1S/C11H19F3N2O/c1-2-3-6-16(8-11(12,13)14)10(17)9-4-5-15-7-9/h9,15H,2-8H2,1H3. The molecule has 6 heteroatoms. The lowest BCUT2D eigenvalue weighted by Crippen LogP contribution is -2.43. The molecule has 0 saturated carbocycles. The minimum absolute atomic E-state index is 0.200. The summed E-state index contributed by atoms with van der Waals surface area (Å²) >= 11 is 0. The van der Waals surface area contributed by atoms with Gasteiger partial charge in [-0.25, -0.2) is 0 Å². The summed E-state index contributed by atoms with van der Waals surface area (Å²) < 4.78 is 37.1. The number of nitrogens with zero attached hydrogens (tertiary/aromatic N) is 1. The highest BCUT2D eigenvalue weighted by Crippen LogP contribution is 2.20. The maximum Gasteiger partial charge on any atom is 0.406 e. The Labute approximate surface area is 99.4 Å². The minimum Gasteiger partial charge on any atom is -0.333 e. The van der Waals surface area contributed by atoms with Gasteiger partial charge < -0.3 is 10.2 Å². The number of carbonyl (C=O) groups is 1. The molecule has 1 amide bonds. The smallest absolute Gasteiger partial charge is 0.333 e. The van der Waals surface area contributed by atoms with Crippen LogP contribution in [0.25, 0.3) is 0 Å². The van der Waals surface area contributed by atoms with E-state index in [0.29, 0.717) is 25.9 Å². The van der Waals surface area contributed by atoms with Gasteiger partial charge in [0.25, 0.3) is 0 Å². The quantitative estimate of drug-likeness (QED) is 0.809. The lowest BCUT2D eigenvalue weighted by molar-refractivity contribution is -0.163. The molecule has 0 aromatic rings. The highest BCUT2D eigenvalue weighted by atomic mass is 19.4. The molecule has 1 rings (SSSR count). The van der Waals surface area contributed by atoms with E-state index in [-0.39, 0.29) is 18.4 Å². The number of alkyl halides is 3. The van der Waals surface area contributed by atoms with Crippen LogP contribution >= 0.6 is 0 Å². The number of amides is 1. The number of carbonyl (C=O) groups excluding carboxylic acids is 1. The van der Waals surface area contributed by atoms with Gasteiger partial charge in [-0.05, 0) is 19.4 Å². The summed E-state index contributed by atoms with van der Waals surface area (Å²) in [6.07, 6.45) is -2.28. The van der Waals surface area contributed by atoms with Crippen LogP contribution in [-0.4, -0.2) is 43.2 Å². The summed E-state index contributed by atoms with van der Waals surface area (Å²) in [6, 6.07) is 0. The molecular formula is C11H19F3N2O. The number of rotatable bonds is 5. The Bertz CT molecular complexity index is 250. The number of hydrogen-bond acceptors (Lipinski definition) is 2. The SMILES string of the molecule is CCCCN(CC(F)(F)F)C(=O)C1CCNC1. The van der Waals surface area contributed by atoms with Gasteiger partial charge in [0.1, 0.15) is 6.54 Å². The van der Waals surface area contributed by atoms with E-state index in [2.05, 4.69) is 5.32 Å². The Morgan fingerprint density at radius 1 is 1.47 bits per heavy atom. The molecule has 1 N–H and O–H groups in total. The van der Waals surface area contributed by atoms with Crippen molar-refractivity contribution in [2.45, 2.75) is 32.4 Å². The zero-order valence-electron chi connectivity index (χ0n) is 10.0. The van der Waals surface area contributed by atoms with Gasteiger partial charge >= 0.3 is 6.18 Å². The number of hydrogen-bond donors (Lipinski definition) is 1. The van der Waals surface area contributed by atoms with Crippen LogP contribution in [0.15, 0.2) is 0 Å². The van der Waals surface area contributed by atoms with Crippen molar-refractivity contribution in [2.75, 3.05) is 26.2 Å². The predicted octanol–water partition coefficient (Wildman–Crippen LogP) is 1.79. The molecule has 0 radical (unpaired) electrons. The van der Waals surface area contributed by atoms with Gasteiger partial charge in [-0.15, -0.1) is 0 Å². The van der Waals surface area contributed by atoms with Crippen LogP contribution in [-0.2, 0) is 4.79 Å². The summed E-state index contributed by atoms with van der Waals surface area (Å²) in [5, 5.41) is 3.00. The molecule has 1 aliphatic rings. The van der Waals surface area contributed by atoms with Crippen molar-refractivity contribution in [2.24, 2.45) is 5.92 Å². The molecule has 0 aromatic heterocycles. The fourth-order valence-electron chi connectivity index (χ4n) is 1.96. The fraction of sp³-hybridized carbons (Fsp3) is 0.909. The van der Waals surface area contributed by atoms with Crippen LogP contribution in [0, 0.1) is 5.92 Å². The topological polar surface area (TPSA) is 32.3 Å². The van der Waals surface area contributed by atoms with Crippen molar-refractivity contribution >= 4 is 5.91 Å². The third-order valence-corrected chi connectivity index (χ3v) is 2.87. The lowest BCUT2D eigenvalue weighted by atomic mass is 10.1. The van der Waals surface area contributed by atoms with Crippen LogP contribution in [0.2, 0.25) is 0 Å². The fourth-order valence-corrected chi connectivity index (χ4v) is 1.96. The number of nitrogens with one attached hydrogen (secondary N) is 1. The Hall–Kier alpha value is -0.780. The second-order valence-electron chi connectivity index (χ2n) is 4.42. The first-order valence-corrected chi connectivity index (χ1v) is 6.00. The van der Waals surface area contributed by atoms with Crippen LogP contribution < -0.4 is 5.32 Å². The largest absolute Gasteiger partial charge is 0.406 e. The molecule has 1 fully saturated rings. The van der Waals surface area contributed by atoms with Crippen molar-refractivity contribution in [1.29, 1.82) is 0 Å². The van der Waals surface area contributed by atoms with E-state index in [1.54, 1.807) is 0 Å². The van der Waals surface area contributed by atoms with E-state index in [0.717, 1.165) is 11.3 Å². The highest BCUT2D eigenvalue weighted by molar-refractivity contribution is 5.79. The van der Waals surface area contributed by atoms with Crippen LogP contribution in [0.1, 0.15) is 26.2 Å². The molecule has 1 saturated heterocycles. The van der Waals surface area contributed by atoms with Crippen molar-refractivity contribution in [3.63, 3.8) is 0 Å². The highest BCUT2D eigenvalue weighted by Gasteiger charge is 2.35. The zero-order chi connectivity index (χ0) is 12.9. The van der Waals surface area contributed by atoms with E-state index in [1.807, 2.05) is 6.92 Å². The van der Waals surface area contributed by atoms with E-state index in [4.69, 9.17) is 0 Å². The zero-order valence-corrected chi connectivity index (χ0v) is 10.0. The molecule has 0 spiro atoms. The molecule has 0 bridgehead atoms. The second kappa shape index (κ2) is 6.23. The van der Waals surface area contributed by atoms with Crippen molar-refractivity contribution in [3.05, 3.63) is 0 Å². The summed E-state index contributed by atoms with van der Waals surface area (Å²) in [6.45, 7) is 2.18. The molecule has 0 aliphatic carbocycles. The summed E-state index contributed by atoms with van der Waals surface area (Å²) in [5.74, 6) is -0.644. The number of unbranched alkanes of at least 4 members (excludes halogenated alkanes) is 1. The van der Waals surface area contributed by atoms with Gasteiger partial charge in [-0.2, -0.15) is 13.2 Å². The molecule has 1 aliphatic heterocycles.